The Bertz CT molecular complexity index is 677. The topological polar surface area (TPSA) is 62.6 Å². The first kappa shape index (κ1) is 15.3. The highest BCUT2D eigenvalue weighted by molar-refractivity contribution is 7.89. The van der Waals surface area contributed by atoms with E-state index in [0.717, 1.165) is 31.7 Å². The molecule has 1 saturated heterocycles. The molecule has 1 aromatic heterocycles. The first-order chi connectivity index (χ1) is 10.7. The van der Waals surface area contributed by atoms with E-state index in [4.69, 9.17) is 4.42 Å². The fraction of sp³-hybridized carbons (Fsp3) is 0.375. The van der Waals surface area contributed by atoms with Gasteiger partial charge in [-0.15, -0.1) is 0 Å². The number of rotatable bonds is 6. The predicted molar refractivity (Wildman–Crippen MR) is 83.9 cm³/mol. The van der Waals surface area contributed by atoms with Gasteiger partial charge in [0.05, 0.1) is 17.2 Å². The third kappa shape index (κ3) is 3.40. The molecule has 0 radical (unpaired) electrons. The van der Waals surface area contributed by atoms with Crippen molar-refractivity contribution >= 4 is 10.0 Å². The van der Waals surface area contributed by atoms with Crippen LogP contribution in [0.2, 0.25) is 0 Å². The minimum absolute atomic E-state index is 0.0593. The predicted octanol–water partition coefficient (Wildman–Crippen LogP) is 2.40. The van der Waals surface area contributed by atoms with Crippen LogP contribution in [0.3, 0.4) is 0 Å². The zero-order chi connectivity index (χ0) is 15.4. The molecule has 0 spiro atoms. The number of hydrogen-bond acceptors (Lipinski definition) is 4. The van der Waals surface area contributed by atoms with Crippen LogP contribution in [0.4, 0.5) is 0 Å². The number of furan rings is 1. The fourth-order valence-corrected chi connectivity index (χ4v) is 3.87. The van der Waals surface area contributed by atoms with Crippen molar-refractivity contribution in [1.82, 2.24) is 9.62 Å². The Labute approximate surface area is 131 Å². The summed E-state index contributed by atoms with van der Waals surface area (Å²) in [6.45, 7) is 2.25. The highest BCUT2D eigenvalue weighted by Gasteiger charge is 2.27. The summed E-state index contributed by atoms with van der Waals surface area (Å²) in [4.78, 5) is 2.56. The molecule has 0 aliphatic carbocycles. The second-order valence-electron chi connectivity index (χ2n) is 5.44. The molecule has 118 valence electrons. The molecule has 1 N–H and O–H groups in total. The van der Waals surface area contributed by atoms with Gasteiger partial charge in [-0.1, -0.05) is 18.2 Å². The monoisotopic (exact) mass is 320 g/mol. The lowest BCUT2D eigenvalue weighted by Crippen LogP contribution is -2.36. The normalized spacial score (nSPS) is 17.6. The summed E-state index contributed by atoms with van der Waals surface area (Å²) in [6, 6.07) is 12.1. The Hall–Kier alpha value is -1.63. The van der Waals surface area contributed by atoms with Gasteiger partial charge in [0.15, 0.2) is 0 Å². The molecule has 1 aliphatic rings. The van der Waals surface area contributed by atoms with E-state index in [1.807, 2.05) is 12.1 Å². The lowest BCUT2D eigenvalue weighted by atomic mass is 10.2. The van der Waals surface area contributed by atoms with Crippen LogP contribution in [-0.4, -0.2) is 33.0 Å². The molecular weight excluding hydrogens is 300 g/mol. The smallest absolute Gasteiger partial charge is 0.240 e. The SMILES string of the molecule is O=S(=O)(NC[C@H](c1ccco1)N1CCCC1)c1ccccc1. The molecule has 0 bridgehead atoms. The summed E-state index contributed by atoms with van der Waals surface area (Å²) in [5, 5.41) is 0. The largest absolute Gasteiger partial charge is 0.468 e. The Kier molecular flexibility index (Phi) is 4.61. The van der Waals surface area contributed by atoms with Crippen LogP contribution in [0, 0.1) is 0 Å². The highest BCUT2D eigenvalue weighted by Crippen LogP contribution is 2.25. The molecule has 1 aromatic carbocycles. The highest BCUT2D eigenvalue weighted by atomic mass is 32.2. The van der Waals surface area contributed by atoms with Gasteiger partial charge in [0, 0.05) is 6.54 Å². The van der Waals surface area contributed by atoms with Crippen LogP contribution in [0.25, 0.3) is 0 Å². The van der Waals surface area contributed by atoms with Crippen LogP contribution in [0.5, 0.6) is 0 Å². The molecule has 2 aromatic rings. The zero-order valence-corrected chi connectivity index (χ0v) is 13.1. The first-order valence-corrected chi connectivity index (χ1v) is 8.97. The standard InChI is InChI=1S/C16H20N2O3S/c19-22(20,14-7-2-1-3-8-14)17-13-15(16-9-6-12-21-16)18-10-4-5-11-18/h1-3,6-9,12,15,17H,4-5,10-11,13H2/t15-/m1/s1. The van der Waals surface area contributed by atoms with Crippen LogP contribution < -0.4 is 4.72 Å². The lowest BCUT2D eigenvalue weighted by molar-refractivity contribution is 0.216. The Morgan fingerprint density at radius 1 is 1.09 bits per heavy atom. The molecule has 1 atom stereocenters. The Balaban J connectivity index is 1.74. The molecule has 22 heavy (non-hydrogen) atoms. The van der Waals surface area contributed by atoms with Crippen LogP contribution >= 0.6 is 0 Å². The summed E-state index contributed by atoms with van der Waals surface area (Å²) in [6.07, 6.45) is 3.91. The van der Waals surface area contributed by atoms with E-state index >= 15 is 0 Å². The maximum atomic E-state index is 12.4. The van der Waals surface area contributed by atoms with Crippen LogP contribution in [0.1, 0.15) is 24.6 Å². The van der Waals surface area contributed by atoms with Gasteiger partial charge in [0.25, 0.3) is 0 Å². The van der Waals surface area contributed by atoms with Gasteiger partial charge in [0.1, 0.15) is 5.76 Å². The van der Waals surface area contributed by atoms with Gasteiger partial charge in [0.2, 0.25) is 10.0 Å². The number of hydrogen-bond donors (Lipinski definition) is 1. The lowest BCUT2D eigenvalue weighted by Gasteiger charge is -2.25. The maximum Gasteiger partial charge on any atom is 0.240 e. The van der Waals surface area contributed by atoms with Gasteiger partial charge in [-0.3, -0.25) is 4.90 Å². The molecule has 1 fully saturated rings. The van der Waals surface area contributed by atoms with E-state index in [0.29, 0.717) is 6.54 Å². The van der Waals surface area contributed by atoms with Gasteiger partial charge in [-0.2, -0.15) is 0 Å². The van der Waals surface area contributed by atoms with Crippen molar-refractivity contribution in [3.63, 3.8) is 0 Å². The van der Waals surface area contributed by atoms with E-state index in [2.05, 4.69) is 9.62 Å². The molecule has 6 heteroatoms. The summed E-state index contributed by atoms with van der Waals surface area (Å²) in [5.41, 5.74) is 0. The Morgan fingerprint density at radius 2 is 1.82 bits per heavy atom. The molecular formula is C16H20N2O3S. The first-order valence-electron chi connectivity index (χ1n) is 7.49. The molecule has 3 rings (SSSR count). The second-order valence-corrected chi connectivity index (χ2v) is 7.21. The fourth-order valence-electron chi connectivity index (χ4n) is 2.82. The number of benzene rings is 1. The summed E-state index contributed by atoms with van der Waals surface area (Å²) in [5.74, 6) is 0.803. The third-order valence-corrected chi connectivity index (χ3v) is 5.41. The maximum absolute atomic E-state index is 12.4. The van der Waals surface area contributed by atoms with Crippen molar-refractivity contribution < 1.29 is 12.8 Å². The van der Waals surface area contributed by atoms with Gasteiger partial charge < -0.3 is 4.42 Å². The molecule has 0 saturated carbocycles. The quantitative estimate of drug-likeness (QED) is 0.888. The van der Waals surface area contributed by atoms with Crippen LogP contribution in [0.15, 0.2) is 58.0 Å². The van der Waals surface area contributed by atoms with Gasteiger partial charge in [-0.25, -0.2) is 13.1 Å². The van der Waals surface area contributed by atoms with Gasteiger partial charge >= 0.3 is 0 Å². The van der Waals surface area contributed by atoms with E-state index in [1.165, 1.54) is 0 Å². The molecule has 0 unspecified atom stereocenters. The number of likely N-dealkylation sites (tertiary alicyclic amines) is 1. The van der Waals surface area contributed by atoms with E-state index in [9.17, 15) is 8.42 Å². The summed E-state index contributed by atoms with van der Waals surface area (Å²) in [7, 11) is -3.49. The van der Waals surface area contributed by atoms with Crippen molar-refractivity contribution in [3.8, 4) is 0 Å². The van der Waals surface area contributed by atoms with Crippen molar-refractivity contribution in [3.05, 3.63) is 54.5 Å². The van der Waals surface area contributed by atoms with Crippen molar-refractivity contribution in [2.24, 2.45) is 0 Å². The van der Waals surface area contributed by atoms with Crippen molar-refractivity contribution in [2.45, 2.75) is 23.8 Å². The van der Waals surface area contributed by atoms with E-state index < -0.39 is 10.0 Å². The second kappa shape index (κ2) is 6.64. The van der Waals surface area contributed by atoms with E-state index in [1.54, 1.807) is 36.6 Å². The average Bonchev–Trinajstić information content (AvgIpc) is 3.22. The Morgan fingerprint density at radius 3 is 2.45 bits per heavy atom. The van der Waals surface area contributed by atoms with E-state index in [-0.39, 0.29) is 10.9 Å². The minimum atomic E-state index is -3.49. The molecule has 1 aliphatic heterocycles. The third-order valence-electron chi connectivity index (χ3n) is 3.97. The molecule has 0 amide bonds. The van der Waals surface area contributed by atoms with Crippen LogP contribution in [-0.2, 0) is 10.0 Å². The van der Waals surface area contributed by atoms with Crippen molar-refractivity contribution in [1.29, 1.82) is 0 Å². The zero-order valence-electron chi connectivity index (χ0n) is 12.3. The average molecular weight is 320 g/mol. The molecule has 5 nitrogen and oxygen atoms in total. The summed E-state index contributed by atoms with van der Waals surface area (Å²) < 4.78 is 32.9. The minimum Gasteiger partial charge on any atom is -0.468 e. The van der Waals surface area contributed by atoms with Crippen molar-refractivity contribution in [2.75, 3.05) is 19.6 Å². The summed E-state index contributed by atoms with van der Waals surface area (Å²) >= 11 is 0. The van der Waals surface area contributed by atoms with Gasteiger partial charge in [-0.05, 0) is 50.2 Å². The number of nitrogens with one attached hydrogen (secondary N) is 1. The number of sulfonamides is 1. The number of nitrogens with zero attached hydrogens (tertiary/aromatic N) is 1. The molecule has 2 heterocycles.